The Kier molecular flexibility index (Phi) is 5.13. The lowest BCUT2D eigenvalue weighted by Gasteiger charge is -2.38. The zero-order valence-electron chi connectivity index (χ0n) is 14.1. The molecule has 1 saturated heterocycles. The third kappa shape index (κ3) is 4.63. The zero-order valence-corrected chi connectivity index (χ0v) is 14.1. The van der Waals surface area contributed by atoms with E-state index in [9.17, 15) is 18.0 Å². The summed E-state index contributed by atoms with van der Waals surface area (Å²) < 4.78 is 43.2. The standard InChI is InChI=1S/C17H23F3N2O2/c1-16(2,3)24-15(23)22-9-8-12(10-14(22)21)11-4-6-13(7-5-11)17(18,19)20/h4-7,12,14H,8-10,21H2,1-3H3. The van der Waals surface area contributed by atoms with Crippen molar-refractivity contribution in [1.82, 2.24) is 4.90 Å². The fourth-order valence-electron chi connectivity index (χ4n) is 2.79. The third-order valence-electron chi connectivity index (χ3n) is 3.98. The summed E-state index contributed by atoms with van der Waals surface area (Å²) in [6.45, 7) is 5.77. The molecular formula is C17H23F3N2O2. The van der Waals surface area contributed by atoms with Crippen molar-refractivity contribution in [3.8, 4) is 0 Å². The van der Waals surface area contributed by atoms with Gasteiger partial charge in [-0.3, -0.25) is 4.90 Å². The molecule has 1 fully saturated rings. The molecule has 0 spiro atoms. The van der Waals surface area contributed by atoms with E-state index in [0.29, 0.717) is 19.4 Å². The van der Waals surface area contributed by atoms with Crippen LogP contribution in [0.25, 0.3) is 0 Å². The van der Waals surface area contributed by atoms with E-state index in [1.54, 1.807) is 20.8 Å². The van der Waals surface area contributed by atoms with E-state index in [2.05, 4.69) is 0 Å². The number of amides is 1. The van der Waals surface area contributed by atoms with Gasteiger partial charge in [0.1, 0.15) is 5.60 Å². The molecule has 1 amide bonds. The van der Waals surface area contributed by atoms with Crippen molar-refractivity contribution < 1.29 is 22.7 Å². The van der Waals surface area contributed by atoms with E-state index in [0.717, 1.165) is 17.7 Å². The average molecular weight is 344 g/mol. The fourth-order valence-corrected chi connectivity index (χ4v) is 2.79. The van der Waals surface area contributed by atoms with Gasteiger partial charge in [0.15, 0.2) is 0 Å². The molecule has 2 N–H and O–H groups in total. The summed E-state index contributed by atoms with van der Waals surface area (Å²) in [6.07, 6.45) is -4.18. The van der Waals surface area contributed by atoms with Crippen molar-refractivity contribution in [2.45, 2.75) is 57.5 Å². The normalized spacial score (nSPS) is 22.4. The Balaban J connectivity index is 2.01. The molecule has 1 aliphatic heterocycles. The van der Waals surface area contributed by atoms with Crippen LogP contribution in [-0.2, 0) is 10.9 Å². The number of nitrogens with two attached hydrogens (primary N) is 1. The number of hydrogen-bond donors (Lipinski definition) is 1. The molecular weight excluding hydrogens is 321 g/mol. The molecule has 0 aromatic heterocycles. The molecule has 2 rings (SSSR count). The van der Waals surface area contributed by atoms with Gasteiger partial charge >= 0.3 is 12.3 Å². The number of hydrogen-bond acceptors (Lipinski definition) is 3. The SMILES string of the molecule is CC(C)(C)OC(=O)N1CCC(c2ccc(C(F)(F)F)cc2)CC1N. The Morgan fingerprint density at radius 2 is 1.79 bits per heavy atom. The molecule has 2 unspecified atom stereocenters. The van der Waals surface area contributed by atoms with Gasteiger partial charge in [-0.1, -0.05) is 12.1 Å². The van der Waals surface area contributed by atoms with E-state index in [1.807, 2.05) is 0 Å². The predicted molar refractivity (Wildman–Crippen MR) is 84.3 cm³/mol. The first-order valence-corrected chi connectivity index (χ1v) is 7.90. The first-order chi connectivity index (χ1) is 11.0. The second-order valence-electron chi connectivity index (χ2n) is 7.08. The number of carbonyl (C=O) groups excluding carboxylic acids is 1. The number of piperidine rings is 1. The summed E-state index contributed by atoms with van der Waals surface area (Å²) in [5.41, 5.74) is 5.62. The minimum absolute atomic E-state index is 0.0287. The molecule has 1 aromatic carbocycles. The summed E-state index contributed by atoms with van der Waals surface area (Å²) in [5.74, 6) is 0.0287. The van der Waals surface area contributed by atoms with Crippen molar-refractivity contribution in [1.29, 1.82) is 0 Å². The number of likely N-dealkylation sites (tertiary alicyclic amines) is 1. The maximum atomic E-state index is 12.6. The first-order valence-electron chi connectivity index (χ1n) is 7.90. The number of alkyl halides is 3. The number of carbonyl (C=O) groups is 1. The van der Waals surface area contributed by atoms with Crippen molar-refractivity contribution >= 4 is 6.09 Å². The topological polar surface area (TPSA) is 55.6 Å². The Bertz CT molecular complexity index is 579. The smallest absolute Gasteiger partial charge is 0.416 e. The van der Waals surface area contributed by atoms with Crippen molar-refractivity contribution in [2.24, 2.45) is 5.73 Å². The molecule has 0 bridgehead atoms. The zero-order chi connectivity index (χ0) is 18.1. The van der Waals surface area contributed by atoms with E-state index >= 15 is 0 Å². The molecule has 0 saturated carbocycles. The van der Waals surface area contributed by atoms with Gasteiger partial charge in [0.25, 0.3) is 0 Å². The molecule has 0 radical (unpaired) electrons. The van der Waals surface area contributed by atoms with Crippen LogP contribution in [-0.4, -0.2) is 29.3 Å². The summed E-state index contributed by atoms with van der Waals surface area (Å²) in [6, 6.07) is 5.15. The highest BCUT2D eigenvalue weighted by atomic mass is 19.4. The van der Waals surface area contributed by atoms with E-state index < -0.39 is 29.6 Å². The molecule has 4 nitrogen and oxygen atoms in total. The van der Waals surface area contributed by atoms with Gasteiger partial charge < -0.3 is 10.5 Å². The lowest BCUT2D eigenvalue weighted by molar-refractivity contribution is -0.137. The highest BCUT2D eigenvalue weighted by Crippen LogP contribution is 2.34. The molecule has 0 aliphatic carbocycles. The van der Waals surface area contributed by atoms with Crippen molar-refractivity contribution in [3.05, 3.63) is 35.4 Å². The minimum Gasteiger partial charge on any atom is -0.444 e. The van der Waals surface area contributed by atoms with Gasteiger partial charge in [0.2, 0.25) is 0 Å². The van der Waals surface area contributed by atoms with Crippen LogP contribution >= 0.6 is 0 Å². The number of nitrogens with zero attached hydrogens (tertiary/aromatic N) is 1. The van der Waals surface area contributed by atoms with Gasteiger partial charge in [0.05, 0.1) is 11.7 Å². The van der Waals surface area contributed by atoms with Gasteiger partial charge in [-0.25, -0.2) is 4.79 Å². The summed E-state index contributed by atoms with van der Waals surface area (Å²) in [4.78, 5) is 13.6. The van der Waals surface area contributed by atoms with Gasteiger partial charge in [-0.15, -0.1) is 0 Å². The van der Waals surface area contributed by atoms with Crippen LogP contribution in [0.1, 0.15) is 50.7 Å². The molecule has 7 heteroatoms. The Morgan fingerprint density at radius 3 is 2.25 bits per heavy atom. The van der Waals surface area contributed by atoms with Crippen molar-refractivity contribution in [2.75, 3.05) is 6.54 Å². The number of benzene rings is 1. The highest BCUT2D eigenvalue weighted by Gasteiger charge is 2.34. The maximum Gasteiger partial charge on any atom is 0.416 e. The van der Waals surface area contributed by atoms with E-state index in [-0.39, 0.29) is 5.92 Å². The summed E-state index contributed by atoms with van der Waals surface area (Å²) in [7, 11) is 0. The van der Waals surface area contributed by atoms with Crippen LogP contribution in [0.2, 0.25) is 0 Å². The molecule has 24 heavy (non-hydrogen) atoms. The summed E-state index contributed by atoms with van der Waals surface area (Å²) in [5, 5.41) is 0. The fraction of sp³-hybridized carbons (Fsp3) is 0.588. The van der Waals surface area contributed by atoms with Gasteiger partial charge in [-0.05, 0) is 57.2 Å². The second kappa shape index (κ2) is 6.63. The highest BCUT2D eigenvalue weighted by molar-refractivity contribution is 5.68. The lowest BCUT2D eigenvalue weighted by Crippen LogP contribution is -2.51. The monoisotopic (exact) mass is 344 g/mol. The lowest BCUT2D eigenvalue weighted by atomic mass is 9.87. The Morgan fingerprint density at radius 1 is 1.21 bits per heavy atom. The second-order valence-corrected chi connectivity index (χ2v) is 7.08. The van der Waals surface area contributed by atoms with Gasteiger partial charge in [0, 0.05) is 6.54 Å². The quantitative estimate of drug-likeness (QED) is 0.834. The maximum absolute atomic E-state index is 12.6. The largest absolute Gasteiger partial charge is 0.444 e. The van der Waals surface area contributed by atoms with Crippen LogP contribution in [0.5, 0.6) is 0 Å². The molecule has 1 aliphatic rings. The number of rotatable bonds is 1. The van der Waals surface area contributed by atoms with Crippen LogP contribution in [0.15, 0.2) is 24.3 Å². The third-order valence-corrected chi connectivity index (χ3v) is 3.98. The Hall–Kier alpha value is -1.76. The summed E-state index contributed by atoms with van der Waals surface area (Å²) >= 11 is 0. The first kappa shape index (κ1) is 18.6. The van der Waals surface area contributed by atoms with E-state index in [4.69, 9.17) is 10.5 Å². The van der Waals surface area contributed by atoms with Gasteiger partial charge in [-0.2, -0.15) is 13.2 Å². The van der Waals surface area contributed by atoms with Crippen molar-refractivity contribution in [3.63, 3.8) is 0 Å². The molecule has 1 aromatic rings. The van der Waals surface area contributed by atoms with Crippen LogP contribution in [0.3, 0.4) is 0 Å². The molecule has 2 atom stereocenters. The molecule has 1 heterocycles. The van der Waals surface area contributed by atoms with Crippen LogP contribution in [0.4, 0.5) is 18.0 Å². The minimum atomic E-state index is -4.34. The molecule has 134 valence electrons. The number of halogens is 3. The predicted octanol–water partition coefficient (Wildman–Crippen LogP) is 4.10. The van der Waals surface area contributed by atoms with E-state index in [1.165, 1.54) is 17.0 Å². The number of ether oxygens (including phenoxy) is 1. The average Bonchev–Trinajstić information content (AvgIpc) is 2.44. The Labute approximate surface area is 139 Å². The van der Waals surface area contributed by atoms with Crippen LogP contribution in [0, 0.1) is 0 Å². The van der Waals surface area contributed by atoms with Crippen LogP contribution < -0.4 is 5.73 Å².